The molecule has 1 aromatic rings. The summed E-state index contributed by atoms with van der Waals surface area (Å²) in [5.41, 5.74) is 1.46. The van der Waals surface area contributed by atoms with Crippen LogP contribution in [0.4, 0.5) is 0 Å². The Balaban J connectivity index is 0.00000210. The zero-order valence-electron chi connectivity index (χ0n) is 18.1. The van der Waals surface area contributed by atoms with Gasteiger partial charge in [-0.05, 0) is 19.8 Å². The van der Waals surface area contributed by atoms with Crippen molar-refractivity contribution in [1.82, 2.24) is 0 Å². The zero-order valence-corrected chi connectivity index (χ0v) is 18.8. The monoisotopic (exact) mass is 399 g/mol. The molecule has 158 valence electrons. The van der Waals surface area contributed by atoms with E-state index in [1.807, 2.05) is 0 Å². The summed E-state index contributed by atoms with van der Waals surface area (Å²) >= 11 is -0.417. The molecule has 0 fully saturated rings. The number of quaternary nitrogens is 1. The van der Waals surface area contributed by atoms with E-state index in [9.17, 15) is 0 Å². The van der Waals surface area contributed by atoms with Gasteiger partial charge in [0, 0.05) is 5.56 Å². The Morgan fingerprint density at radius 1 is 0.815 bits per heavy atom. The summed E-state index contributed by atoms with van der Waals surface area (Å²) in [5, 5.41) is 0. The fraction of sp³-hybridized carbons (Fsp3) is 0.739. The Bertz CT molecular complexity index is 426. The fourth-order valence-electron chi connectivity index (χ4n) is 3.49. The first-order valence-electron chi connectivity index (χ1n) is 10.7. The second-order valence-corrected chi connectivity index (χ2v) is 8.43. The average molecular weight is 400 g/mol. The number of halogens is 1. The smallest absolute Gasteiger partial charge is 0.104 e. The number of benzene rings is 1. The molecule has 0 bridgehead atoms. The number of hydrogen-bond acceptors (Lipinski definition) is 2. The molecule has 0 spiro atoms. The summed E-state index contributed by atoms with van der Waals surface area (Å²) in [6, 6.07) is 11.7. The first-order valence-corrected chi connectivity index (χ1v) is 11.4. The molecule has 0 aliphatic carbocycles. The maximum Gasteiger partial charge on any atom is 0.104 e. The lowest BCUT2D eigenvalue weighted by Gasteiger charge is -2.36. The molecule has 1 unspecified atom stereocenters. The summed E-state index contributed by atoms with van der Waals surface area (Å²) in [4.78, 5) is 0. The van der Waals surface area contributed by atoms with Gasteiger partial charge < -0.3 is 13.8 Å². The van der Waals surface area contributed by atoms with E-state index >= 15 is 0 Å². The minimum absolute atomic E-state index is 0.417. The Hall–Kier alpha value is -0.610. The van der Waals surface area contributed by atoms with Gasteiger partial charge in [0.2, 0.25) is 0 Å². The van der Waals surface area contributed by atoms with Crippen LogP contribution in [0.3, 0.4) is 0 Å². The van der Waals surface area contributed by atoms with Crippen molar-refractivity contribution in [2.75, 3.05) is 14.1 Å². The third kappa shape index (κ3) is 15.0. The van der Waals surface area contributed by atoms with Gasteiger partial charge in [0.05, 0.1) is 31.5 Å². The van der Waals surface area contributed by atoms with Crippen LogP contribution < -0.4 is 9.32 Å². The minimum atomic E-state index is -0.417. The van der Waals surface area contributed by atoms with E-state index in [2.05, 4.69) is 58.3 Å². The topological polar surface area (TPSA) is 46.1 Å². The molecule has 0 aromatic heterocycles. The lowest BCUT2D eigenvalue weighted by atomic mass is 10.0. The summed E-state index contributed by atoms with van der Waals surface area (Å²) in [7, 11) is 4.77. The van der Waals surface area contributed by atoms with Crippen LogP contribution in [0.15, 0.2) is 30.3 Å². The molecule has 1 rings (SSSR count). The largest absolute Gasteiger partial charge is 0.544 e. The van der Waals surface area contributed by atoms with Gasteiger partial charge in [-0.3, -0.25) is 0 Å². The normalized spacial score (nSPS) is 12.4. The van der Waals surface area contributed by atoms with Crippen LogP contribution in [0.1, 0.15) is 90.0 Å². The third-order valence-corrected chi connectivity index (χ3v) is 5.60. The molecule has 0 saturated carbocycles. The van der Waals surface area contributed by atoms with Gasteiger partial charge in [-0.15, -0.1) is 0 Å². The molecule has 0 saturated heterocycles. The maximum absolute atomic E-state index is 8.24. The molecule has 1 atom stereocenters. The van der Waals surface area contributed by atoms with Gasteiger partial charge >= 0.3 is 0 Å². The highest BCUT2D eigenvalue weighted by atomic mass is 35.6. The molecule has 3 nitrogen and oxygen atoms in total. The van der Waals surface area contributed by atoms with Crippen LogP contribution in [-0.2, 0) is 6.54 Å². The van der Waals surface area contributed by atoms with E-state index in [-0.39, 0.29) is 0 Å². The predicted molar refractivity (Wildman–Crippen MR) is 108 cm³/mol. The van der Waals surface area contributed by atoms with Crippen LogP contribution in [0.25, 0.3) is 0 Å². The first kappa shape index (κ1) is 26.4. The SMILES string of the molecule is CCCCCCCCCCCCC(C)[N+](C)(C)Cc1ccccc1.[O-][Cl+][O-]. The quantitative estimate of drug-likeness (QED) is 0.339. The van der Waals surface area contributed by atoms with Crippen molar-refractivity contribution < 1.29 is 25.1 Å². The zero-order chi connectivity index (χ0) is 20.4. The maximum atomic E-state index is 8.24. The molecule has 1 aromatic carbocycles. The molecule has 0 heterocycles. The van der Waals surface area contributed by atoms with Crippen LogP contribution in [0.5, 0.6) is 0 Å². The van der Waals surface area contributed by atoms with E-state index in [1.54, 1.807) is 0 Å². The van der Waals surface area contributed by atoms with Crippen molar-refractivity contribution >= 4 is 0 Å². The standard InChI is InChI=1S/C23H42N.ClO2/c1-5-6-7-8-9-10-11-12-13-15-18-22(2)24(3,4)21-23-19-16-14-17-20-23;2-1-3/h14,16-17,19-20,22H,5-13,15,18,21H2,1-4H3;/q+1;-1. The van der Waals surface area contributed by atoms with Crippen molar-refractivity contribution in [2.45, 2.75) is 97.1 Å². The third-order valence-electron chi connectivity index (χ3n) is 5.60. The van der Waals surface area contributed by atoms with Crippen molar-refractivity contribution in [3.63, 3.8) is 0 Å². The number of hydrogen-bond donors (Lipinski definition) is 0. The highest BCUT2D eigenvalue weighted by Gasteiger charge is 2.23. The van der Waals surface area contributed by atoms with E-state index in [0.717, 1.165) is 17.1 Å². The van der Waals surface area contributed by atoms with Crippen LogP contribution in [0, 0.1) is 11.3 Å². The molecule has 4 heteroatoms. The van der Waals surface area contributed by atoms with Crippen LogP contribution in [-0.4, -0.2) is 24.6 Å². The Morgan fingerprint density at radius 3 is 1.74 bits per heavy atom. The lowest BCUT2D eigenvalue weighted by Crippen LogP contribution is -2.46. The Labute approximate surface area is 172 Å². The predicted octanol–water partition coefficient (Wildman–Crippen LogP) is 4.58. The van der Waals surface area contributed by atoms with E-state index in [1.165, 1.54) is 76.2 Å². The van der Waals surface area contributed by atoms with Gasteiger partial charge in [-0.2, -0.15) is 0 Å². The average Bonchev–Trinajstić information content (AvgIpc) is 2.64. The molecule has 0 N–H and O–H groups in total. The highest BCUT2D eigenvalue weighted by molar-refractivity contribution is 5.13. The molecule has 0 aliphatic rings. The highest BCUT2D eigenvalue weighted by Crippen LogP contribution is 2.19. The van der Waals surface area contributed by atoms with Gasteiger partial charge in [0.1, 0.15) is 6.54 Å². The van der Waals surface area contributed by atoms with Crippen molar-refractivity contribution in [2.24, 2.45) is 0 Å². The molecule has 27 heavy (non-hydrogen) atoms. The Kier molecular flexibility index (Phi) is 17.1. The van der Waals surface area contributed by atoms with Gasteiger partial charge in [-0.25, -0.2) is 0 Å². The van der Waals surface area contributed by atoms with E-state index < -0.39 is 11.3 Å². The van der Waals surface area contributed by atoms with Gasteiger partial charge in [0.25, 0.3) is 0 Å². The molecule has 0 amide bonds. The summed E-state index contributed by atoms with van der Waals surface area (Å²) in [6.07, 6.45) is 15.7. The van der Waals surface area contributed by atoms with Crippen LogP contribution >= 0.6 is 0 Å². The van der Waals surface area contributed by atoms with E-state index in [4.69, 9.17) is 9.32 Å². The molecular formula is C23H42ClNO2. The number of nitrogens with zero attached hydrogens (tertiary/aromatic N) is 1. The summed E-state index contributed by atoms with van der Waals surface area (Å²) < 4.78 is 17.6. The fourth-order valence-corrected chi connectivity index (χ4v) is 3.49. The second kappa shape index (κ2) is 17.5. The van der Waals surface area contributed by atoms with Crippen molar-refractivity contribution in [1.29, 1.82) is 0 Å². The first-order chi connectivity index (χ1) is 13.0. The Morgan fingerprint density at radius 2 is 1.26 bits per heavy atom. The van der Waals surface area contributed by atoms with Crippen molar-refractivity contribution in [3.8, 4) is 0 Å². The van der Waals surface area contributed by atoms with E-state index in [0.29, 0.717) is 0 Å². The second-order valence-electron chi connectivity index (χ2n) is 8.31. The molecular weight excluding hydrogens is 358 g/mol. The lowest BCUT2D eigenvalue weighted by molar-refractivity contribution is -1.41. The number of unbranched alkanes of at least 4 members (excludes halogenated alkanes) is 9. The number of rotatable bonds is 14. The minimum Gasteiger partial charge on any atom is -0.544 e. The molecule has 0 aliphatic heterocycles. The van der Waals surface area contributed by atoms with Gasteiger partial charge in [-0.1, -0.05) is 95.0 Å². The summed E-state index contributed by atoms with van der Waals surface area (Å²) in [5.74, 6) is 0. The molecule has 0 radical (unpaired) electrons. The summed E-state index contributed by atoms with van der Waals surface area (Å²) in [6.45, 7) is 5.86. The van der Waals surface area contributed by atoms with Gasteiger partial charge in [0.15, 0.2) is 0 Å². The van der Waals surface area contributed by atoms with Crippen molar-refractivity contribution in [3.05, 3.63) is 35.9 Å². The van der Waals surface area contributed by atoms with Crippen LogP contribution in [0.2, 0.25) is 0 Å².